The Labute approximate surface area is 97.3 Å². The Balaban J connectivity index is 1.93. The average molecular weight is 220 g/mol. The third-order valence-corrected chi connectivity index (χ3v) is 3.60. The van der Waals surface area contributed by atoms with Gasteiger partial charge in [-0.15, -0.1) is 0 Å². The molecule has 2 nitrogen and oxygen atoms in total. The number of ether oxygens (including phenoxy) is 1. The maximum absolute atomic E-state index is 9.76. The monoisotopic (exact) mass is 220 g/mol. The first-order valence-electron chi connectivity index (χ1n) is 6.11. The van der Waals surface area contributed by atoms with E-state index in [0.717, 1.165) is 25.0 Å². The minimum atomic E-state index is -0.0743. The fourth-order valence-electron chi connectivity index (χ4n) is 2.60. The van der Waals surface area contributed by atoms with Gasteiger partial charge >= 0.3 is 0 Å². The van der Waals surface area contributed by atoms with Crippen LogP contribution in [0.1, 0.15) is 31.2 Å². The van der Waals surface area contributed by atoms with E-state index in [4.69, 9.17) is 4.74 Å². The SMILES string of the molecule is COc1ccccc1CCC1CCCC1O. The van der Waals surface area contributed by atoms with E-state index in [-0.39, 0.29) is 6.10 Å². The number of hydrogen-bond donors (Lipinski definition) is 1. The lowest BCUT2D eigenvalue weighted by molar-refractivity contribution is 0.128. The molecule has 1 aromatic rings. The van der Waals surface area contributed by atoms with Crippen LogP contribution in [0.15, 0.2) is 24.3 Å². The topological polar surface area (TPSA) is 29.5 Å². The van der Waals surface area contributed by atoms with Crippen molar-refractivity contribution >= 4 is 0 Å². The van der Waals surface area contributed by atoms with Crippen molar-refractivity contribution in [3.05, 3.63) is 29.8 Å². The van der Waals surface area contributed by atoms with Gasteiger partial charge in [-0.2, -0.15) is 0 Å². The van der Waals surface area contributed by atoms with Gasteiger partial charge in [0, 0.05) is 0 Å². The summed E-state index contributed by atoms with van der Waals surface area (Å²) in [7, 11) is 1.71. The first kappa shape index (κ1) is 11.5. The summed E-state index contributed by atoms with van der Waals surface area (Å²) in [6, 6.07) is 8.15. The number of aliphatic hydroxyl groups is 1. The highest BCUT2D eigenvalue weighted by Gasteiger charge is 2.24. The van der Waals surface area contributed by atoms with Crippen LogP contribution in [0, 0.1) is 5.92 Å². The van der Waals surface area contributed by atoms with Gasteiger partial charge in [0.25, 0.3) is 0 Å². The van der Waals surface area contributed by atoms with E-state index in [1.807, 2.05) is 18.2 Å². The molecule has 0 saturated heterocycles. The molecule has 0 aliphatic heterocycles. The van der Waals surface area contributed by atoms with E-state index in [2.05, 4.69) is 6.07 Å². The van der Waals surface area contributed by atoms with E-state index >= 15 is 0 Å². The molecule has 1 aromatic carbocycles. The Bertz CT molecular complexity index is 335. The lowest BCUT2D eigenvalue weighted by Crippen LogP contribution is -2.13. The highest BCUT2D eigenvalue weighted by Crippen LogP contribution is 2.30. The van der Waals surface area contributed by atoms with Gasteiger partial charge in [-0.25, -0.2) is 0 Å². The van der Waals surface area contributed by atoms with Crippen LogP contribution >= 0.6 is 0 Å². The summed E-state index contributed by atoms with van der Waals surface area (Å²) >= 11 is 0. The number of benzene rings is 1. The molecule has 1 fully saturated rings. The van der Waals surface area contributed by atoms with Gasteiger partial charge in [-0.05, 0) is 43.2 Å². The second kappa shape index (κ2) is 5.35. The number of hydrogen-bond acceptors (Lipinski definition) is 2. The van der Waals surface area contributed by atoms with Gasteiger partial charge in [0.2, 0.25) is 0 Å². The van der Waals surface area contributed by atoms with Crippen LogP contribution in [0.4, 0.5) is 0 Å². The summed E-state index contributed by atoms with van der Waals surface area (Å²) in [6.07, 6.45) is 5.34. The standard InChI is InChI=1S/C14H20O2/c1-16-14-8-3-2-5-12(14)10-9-11-6-4-7-13(11)15/h2-3,5,8,11,13,15H,4,6-7,9-10H2,1H3. The van der Waals surface area contributed by atoms with Gasteiger partial charge in [0.05, 0.1) is 13.2 Å². The molecule has 0 amide bonds. The summed E-state index contributed by atoms with van der Waals surface area (Å²) < 4.78 is 5.32. The molecule has 0 heterocycles. The Morgan fingerprint density at radius 1 is 1.31 bits per heavy atom. The zero-order valence-electron chi connectivity index (χ0n) is 9.86. The largest absolute Gasteiger partial charge is 0.496 e. The smallest absolute Gasteiger partial charge is 0.122 e. The summed E-state index contributed by atoms with van der Waals surface area (Å²) in [5.41, 5.74) is 1.25. The number of rotatable bonds is 4. The van der Waals surface area contributed by atoms with E-state index < -0.39 is 0 Å². The molecule has 16 heavy (non-hydrogen) atoms. The second-order valence-corrected chi connectivity index (χ2v) is 4.61. The van der Waals surface area contributed by atoms with Crippen LogP contribution in [0.3, 0.4) is 0 Å². The minimum absolute atomic E-state index is 0.0743. The zero-order chi connectivity index (χ0) is 11.4. The van der Waals surface area contributed by atoms with Crippen molar-refractivity contribution in [1.29, 1.82) is 0 Å². The van der Waals surface area contributed by atoms with Crippen molar-refractivity contribution in [1.82, 2.24) is 0 Å². The highest BCUT2D eigenvalue weighted by molar-refractivity contribution is 5.33. The molecule has 2 unspecified atom stereocenters. The molecular weight excluding hydrogens is 200 g/mol. The van der Waals surface area contributed by atoms with E-state index in [9.17, 15) is 5.11 Å². The molecule has 2 atom stereocenters. The van der Waals surface area contributed by atoms with Crippen molar-refractivity contribution < 1.29 is 9.84 Å². The Hall–Kier alpha value is -1.02. The lowest BCUT2D eigenvalue weighted by Gasteiger charge is -2.15. The van der Waals surface area contributed by atoms with Gasteiger partial charge in [-0.1, -0.05) is 24.6 Å². The first-order valence-corrected chi connectivity index (χ1v) is 6.11. The lowest BCUT2D eigenvalue weighted by atomic mass is 9.96. The number of para-hydroxylation sites is 1. The molecule has 1 N–H and O–H groups in total. The van der Waals surface area contributed by atoms with E-state index in [0.29, 0.717) is 5.92 Å². The normalized spacial score (nSPS) is 24.6. The van der Waals surface area contributed by atoms with Crippen LogP contribution < -0.4 is 4.74 Å². The number of aryl methyl sites for hydroxylation is 1. The summed E-state index contributed by atoms with van der Waals surface area (Å²) in [4.78, 5) is 0. The van der Waals surface area contributed by atoms with Crippen molar-refractivity contribution in [3.8, 4) is 5.75 Å². The van der Waals surface area contributed by atoms with Crippen LogP contribution in [0.2, 0.25) is 0 Å². The molecule has 2 heteroatoms. The minimum Gasteiger partial charge on any atom is -0.496 e. The van der Waals surface area contributed by atoms with Gasteiger partial charge in [-0.3, -0.25) is 0 Å². The molecule has 0 radical (unpaired) electrons. The van der Waals surface area contributed by atoms with Gasteiger partial charge in [0.1, 0.15) is 5.75 Å². The highest BCUT2D eigenvalue weighted by atomic mass is 16.5. The third kappa shape index (κ3) is 2.56. The maximum atomic E-state index is 9.76. The average Bonchev–Trinajstić information content (AvgIpc) is 2.72. The van der Waals surface area contributed by atoms with Crippen LogP contribution in [-0.4, -0.2) is 18.3 Å². The summed E-state index contributed by atoms with van der Waals surface area (Å²) in [5.74, 6) is 1.46. The Morgan fingerprint density at radius 3 is 2.81 bits per heavy atom. The molecule has 0 spiro atoms. The molecule has 88 valence electrons. The fraction of sp³-hybridized carbons (Fsp3) is 0.571. The van der Waals surface area contributed by atoms with Crippen LogP contribution in [0.25, 0.3) is 0 Å². The predicted octanol–water partition coefficient (Wildman–Crippen LogP) is 2.79. The third-order valence-electron chi connectivity index (χ3n) is 3.60. The van der Waals surface area contributed by atoms with E-state index in [1.54, 1.807) is 7.11 Å². The van der Waals surface area contributed by atoms with Gasteiger partial charge in [0.15, 0.2) is 0 Å². The summed E-state index contributed by atoms with van der Waals surface area (Å²) in [5, 5.41) is 9.76. The predicted molar refractivity (Wildman–Crippen MR) is 64.7 cm³/mol. The summed E-state index contributed by atoms with van der Waals surface area (Å²) in [6.45, 7) is 0. The van der Waals surface area contributed by atoms with Crippen molar-refractivity contribution in [2.24, 2.45) is 5.92 Å². The molecular formula is C14H20O2. The zero-order valence-corrected chi connectivity index (χ0v) is 9.86. The van der Waals surface area contributed by atoms with Crippen molar-refractivity contribution in [2.75, 3.05) is 7.11 Å². The van der Waals surface area contributed by atoms with Crippen LogP contribution in [0.5, 0.6) is 5.75 Å². The fourth-order valence-corrected chi connectivity index (χ4v) is 2.60. The van der Waals surface area contributed by atoms with Crippen molar-refractivity contribution in [2.45, 2.75) is 38.2 Å². The second-order valence-electron chi connectivity index (χ2n) is 4.61. The van der Waals surface area contributed by atoms with Gasteiger partial charge < -0.3 is 9.84 Å². The Kier molecular flexibility index (Phi) is 3.83. The Morgan fingerprint density at radius 2 is 2.12 bits per heavy atom. The molecule has 0 aromatic heterocycles. The molecule has 1 saturated carbocycles. The molecule has 1 aliphatic rings. The quantitative estimate of drug-likeness (QED) is 0.845. The maximum Gasteiger partial charge on any atom is 0.122 e. The number of methoxy groups -OCH3 is 1. The van der Waals surface area contributed by atoms with Crippen molar-refractivity contribution in [3.63, 3.8) is 0 Å². The molecule has 2 rings (SSSR count). The molecule has 0 bridgehead atoms. The molecule has 1 aliphatic carbocycles. The number of aliphatic hydroxyl groups excluding tert-OH is 1. The van der Waals surface area contributed by atoms with E-state index in [1.165, 1.54) is 18.4 Å². The van der Waals surface area contributed by atoms with Crippen LogP contribution in [-0.2, 0) is 6.42 Å². The first-order chi connectivity index (χ1) is 7.81.